The van der Waals surface area contributed by atoms with Gasteiger partial charge in [-0.3, -0.25) is 0 Å². The fourth-order valence-electron chi connectivity index (χ4n) is 12.2. The quantitative estimate of drug-likeness (QED) is 0.101. The Labute approximate surface area is 489 Å². The van der Waals surface area contributed by atoms with Gasteiger partial charge in [-0.15, -0.1) is 6.07 Å². The first kappa shape index (κ1) is 40.2. The zero-order valence-corrected chi connectivity index (χ0v) is 45.7. The van der Waals surface area contributed by atoms with Gasteiger partial charge in [0.15, 0.2) is 0 Å². The fourth-order valence-corrected chi connectivity index (χ4v) is 13.3. The summed E-state index contributed by atoms with van der Waals surface area (Å²) in [7, 11) is 0. The predicted molar refractivity (Wildman–Crippen MR) is 325 cm³/mol. The van der Waals surface area contributed by atoms with E-state index < -0.39 is 33.0 Å². The summed E-state index contributed by atoms with van der Waals surface area (Å²) in [5.41, 5.74) is 16.5. The van der Waals surface area contributed by atoms with Crippen LogP contribution in [0.4, 0.5) is 22.9 Å². The minimum atomic E-state index is -2.67. The van der Waals surface area contributed by atoms with E-state index in [1.54, 1.807) is 24.3 Å². The van der Waals surface area contributed by atoms with Crippen molar-refractivity contribution in [3.8, 4) is 89.8 Å². The van der Waals surface area contributed by atoms with Crippen LogP contribution in [0.15, 0.2) is 224 Å². The molecule has 386 valence electrons. The maximum atomic E-state index is 9.59. The first-order valence-corrected chi connectivity index (χ1v) is 27.9. The van der Waals surface area contributed by atoms with Crippen molar-refractivity contribution in [2.24, 2.45) is 5.92 Å². The average molecular weight is 1220 g/mol. The Bertz CT molecular complexity index is 4870. The molecular weight excluding hydrogens is 1160 g/mol. The third-order valence-electron chi connectivity index (χ3n) is 15.5. The fraction of sp³-hybridized carbons (Fsp3) is 0.0833. The molecule has 12 aromatic rings. The number of aromatic nitrogens is 3. The monoisotopic (exact) mass is 1220 g/mol. The molecule has 5 heterocycles. The molecule has 10 aromatic carbocycles. The molecule has 8 heteroatoms. The van der Waals surface area contributed by atoms with Crippen LogP contribution in [-0.2, 0) is 25.7 Å². The number of hydrogen-bond donors (Lipinski definition) is 0. The van der Waals surface area contributed by atoms with Crippen molar-refractivity contribution in [3.05, 3.63) is 257 Å². The van der Waals surface area contributed by atoms with Crippen LogP contribution in [-0.4, -0.2) is 21.1 Å². The van der Waals surface area contributed by atoms with Gasteiger partial charge in [0, 0.05) is 11.3 Å². The summed E-state index contributed by atoms with van der Waals surface area (Å²) in [6.07, 6.45) is -1.79. The predicted octanol–water partition coefficient (Wildman–Crippen LogP) is 17.4. The molecule has 0 bridgehead atoms. The first-order valence-electron chi connectivity index (χ1n) is 30.8. The summed E-state index contributed by atoms with van der Waals surface area (Å²) in [4.78, 5) is 9.96. The number of nitrogens with zero attached hydrogens (tertiary/aromatic N) is 5. The van der Waals surface area contributed by atoms with Crippen molar-refractivity contribution in [1.29, 1.82) is 0 Å². The maximum absolute atomic E-state index is 9.59. The molecule has 0 radical (unpaired) electrons. The number of fused-ring (bicyclic) bond motifs is 10. The van der Waals surface area contributed by atoms with Gasteiger partial charge >= 0.3 is 420 Å². The Morgan fingerprint density at radius 1 is 0.575 bits per heavy atom. The molecule has 0 atom stereocenters. The van der Waals surface area contributed by atoms with E-state index in [2.05, 4.69) is 111 Å². The molecule has 15 rings (SSSR count). The Kier molecular flexibility index (Phi) is 9.60. The molecule has 0 saturated heterocycles. The normalized spacial score (nSPS) is 14.6. The minimum absolute atomic E-state index is 0.0895. The van der Waals surface area contributed by atoms with Gasteiger partial charge in [-0.25, -0.2) is 0 Å². The SMILES string of the molecule is [2H]C([2H])([2H])c1cccc(-c2cc(C([2H])([2H])C(C)C)cc(-c3ccc(-c4ccccc4)cc3)c2-n2[c](=[Pt])n(-c3[c-]c(Oc4nc5c(c(C([2H])([2H])[2H])c4-c4ccccc4)-c4cccc6c4B4N(c7ccc[c-]c7N45)c4ccccc4-6)ccc3)c3ccccc32)c1. The summed E-state index contributed by atoms with van der Waals surface area (Å²) in [6.45, 7) is -1.76. The van der Waals surface area contributed by atoms with E-state index in [1.165, 1.54) is 0 Å². The standard InChI is InChI=1S/C72H52BN5O.Pt/c1-46(2)40-49-42-60(52-38-36-51(37-39-52)50-21-7-5-8-22-50)70(61(43-49)54-25-17-20-47(3)41-54)76-45-75(63-32-13-14-33-64(63)76)55-26-18-27-56(44-55)79-72-67(53-23-9-6-10-24-53)48(4)68-59-30-19-29-58-57-28-11-12-31-62(57)77-65-34-15-16-35-66(65)78(71(68)74-72)73(77)69(58)59;/h5-34,36-39,41-43,46H,40H2,1-4H3;/q-2;/i3D3,4D3,40D2;. The molecule has 80 heavy (non-hydrogen) atoms. The van der Waals surface area contributed by atoms with E-state index in [-0.39, 0.29) is 22.8 Å². The third-order valence-corrected chi connectivity index (χ3v) is 16.5. The zero-order chi connectivity index (χ0) is 60.5. The zero-order valence-electron chi connectivity index (χ0n) is 51.5. The van der Waals surface area contributed by atoms with E-state index in [4.69, 9.17) is 13.8 Å². The number of rotatable bonds is 10. The van der Waals surface area contributed by atoms with Crippen LogP contribution in [0.3, 0.4) is 0 Å². The topological polar surface area (TPSA) is 38.5 Å². The molecule has 2 aromatic heterocycles. The molecule has 0 saturated carbocycles. The van der Waals surface area contributed by atoms with E-state index >= 15 is 0 Å². The van der Waals surface area contributed by atoms with Gasteiger partial charge in [0.2, 0.25) is 0 Å². The summed E-state index contributed by atoms with van der Waals surface area (Å²) in [5.74, 6) is 0.388. The number of ether oxygens (including phenoxy) is 1. The first-order chi connectivity index (χ1) is 42.5. The van der Waals surface area contributed by atoms with Crippen molar-refractivity contribution in [1.82, 2.24) is 14.1 Å². The summed E-state index contributed by atoms with van der Waals surface area (Å²) in [5, 5.41) is 0. The Hall–Kier alpha value is -9.03. The molecule has 6 nitrogen and oxygen atoms in total. The van der Waals surface area contributed by atoms with Crippen molar-refractivity contribution in [3.63, 3.8) is 0 Å². The van der Waals surface area contributed by atoms with Gasteiger partial charge in [-0.1, -0.05) is 30.3 Å². The van der Waals surface area contributed by atoms with Crippen molar-refractivity contribution >= 4 is 46.4 Å². The number of benzene rings is 10. The van der Waals surface area contributed by atoms with Crippen LogP contribution in [0.1, 0.15) is 41.5 Å². The second kappa shape index (κ2) is 19.1. The number of pyridine rings is 1. The second-order valence-electron chi connectivity index (χ2n) is 20.7. The van der Waals surface area contributed by atoms with E-state index in [0.717, 1.165) is 72.5 Å². The molecule has 0 fully saturated rings. The Morgan fingerprint density at radius 2 is 1.23 bits per heavy atom. The van der Waals surface area contributed by atoms with Crippen molar-refractivity contribution < 1.29 is 35.1 Å². The van der Waals surface area contributed by atoms with E-state index in [9.17, 15) is 6.85 Å². The van der Waals surface area contributed by atoms with Gasteiger partial charge in [-0.05, 0) is 11.6 Å². The van der Waals surface area contributed by atoms with Crippen LogP contribution in [0.25, 0.3) is 89.2 Å². The molecule has 0 unspecified atom stereocenters. The van der Waals surface area contributed by atoms with Crippen molar-refractivity contribution in [2.45, 2.75) is 33.9 Å². The van der Waals surface area contributed by atoms with Crippen LogP contribution >= 0.6 is 0 Å². The molecule has 0 spiro atoms. The molecule has 0 N–H and O–H groups in total. The number of anilines is 4. The van der Waals surface area contributed by atoms with Crippen LogP contribution in [0.5, 0.6) is 11.6 Å². The number of imidazole rings is 1. The summed E-state index contributed by atoms with van der Waals surface area (Å²) in [6, 6.07) is 79.9. The number of hydrogen-bond acceptors (Lipinski definition) is 4. The molecular formula is C72H52BN5OPt-2. The number of aryl methyl sites for hydroxylation is 1. The number of para-hydroxylation sites is 4. The Morgan fingerprint density at radius 3 is 2.01 bits per heavy atom. The summed E-state index contributed by atoms with van der Waals surface area (Å²) < 4.78 is 85.4. The van der Waals surface area contributed by atoms with Crippen molar-refractivity contribution in [2.75, 3.05) is 9.62 Å². The van der Waals surface area contributed by atoms with Crippen LogP contribution in [0.2, 0.25) is 0 Å². The van der Waals surface area contributed by atoms with E-state index in [1.807, 2.05) is 153 Å². The van der Waals surface area contributed by atoms with Crippen LogP contribution < -0.4 is 19.8 Å². The molecule has 0 aliphatic carbocycles. The van der Waals surface area contributed by atoms with Crippen LogP contribution in [0, 0.1) is 35.6 Å². The van der Waals surface area contributed by atoms with Gasteiger partial charge in [0.1, 0.15) is 0 Å². The van der Waals surface area contributed by atoms with Gasteiger partial charge in [0.25, 0.3) is 0 Å². The van der Waals surface area contributed by atoms with Gasteiger partial charge < -0.3 is 0 Å². The second-order valence-corrected chi connectivity index (χ2v) is 21.7. The molecule has 3 aliphatic rings. The third kappa shape index (κ3) is 7.66. The molecule has 3 aliphatic heterocycles. The Balaban J connectivity index is 0.949. The van der Waals surface area contributed by atoms with Gasteiger partial charge in [-0.2, -0.15) is 12.1 Å². The van der Waals surface area contributed by atoms with Gasteiger partial charge in [0.05, 0.1) is 0 Å². The molecule has 0 amide bonds. The average Bonchev–Trinajstić information content (AvgIpc) is 1.42. The van der Waals surface area contributed by atoms with E-state index in [0.29, 0.717) is 54.4 Å². The summed E-state index contributed by atoms with van der Waals surface area (Å²) >= 11 is 2.34.